The predicted molar refractivity (Wildman–Crippen MR) is 96.0 cm³/mol. The Kier molecular flexibility index (Phi) is 4.91. The first-order chi connectivity index (χ1) is 11.7. The van der Waals surface area contributed by atoms with Crippen LogP contribution in [0.1, 0.15) is 10.6 Å². The summed E-state index contributed by atoms with van der Waals surface area (Å²) in [5.74, 6) is 1.14. The standard InChI is InChI=1S/C19H16FNO2S/c1-22-17-9-3-13(11-18(17)23-2)4-10-19-21-16(12-24-19)14-5-7-15(20)8-6-14/h3-12H,1-2H3/b10-4+. The second-order valence-corrected chi connectivity index (χ2v) is 5.92. The van der Waals surface area contributed by atoms with Crippen LogP contribution < -0.4 is 9.47 Å². The van der Waals surface area contributed by atoms with Crippen LogP contribution in [0, 0.1) is 5.82 Å². The molecule has 5 heteroatoms. The van der Waals surface area contributed by atoms with E-state index in [2.05, 4.69) is 4.98 Å². The minimum absolute atomic E-state index is 0.248. The third-order valence-corrected chi connectivity index (χ3v) is 4.30. The summed E-state index contributed by atoms with van der Waals surface area (Å²) in [6.07, 6.45) is 3.91. The van der Waals surface area contributed by atoms with Crippen molar-refractivity contribution in [2.24, 2.45) is 0 Å². The van der Waals surface area contributed by atoms with Crippen LogP contribution in [0.15, 0.2) is 47.8 Å². The van der Waals surface area contributed by atoms with Gasteiger partial charge in [-0.1, -0.05) is 12.1 Å². The summed E-state index contributed by atoms with van der Waals surface area (Å²) >= 11 is 1.54. The maximum Gasteiger partial charge on any atom is 0.161 e. The van der Waals surface area contributed by atoms with E-state index in [4.69, 9.17) is 9.47 Å². The number of methoxy groups -OCH3 is 2. The number of nitrogens with zero attached hydrogens (tertiary/aromatic N) is 1. The van der Waals surface area contributed by atoms with Crippen LogP contribution in [-0.4, -0.2) is 19.2 Å². The number of ether oxygens (including phenoxy) is 2. The van der Waals surface area contributed by atoms with E-state index < -0.39 is 0 Å². The molecule has 1 aromatic heterocycles. The zero-order valence-electron chi connectivity index (χ0n) is 13.3. The molecule has 2 aromatic carbocycles. The van der Waals surface area contributed by atoms with Gasteiger partial charge in [0.1, 0.15) is 10.8 Å². The number of aromatic nitrogens is 1. The third-order valence-electron chi connectivity index (χ3n) is 3.49. The molecule has 3 rings (SSSR count). The van der Waals surface area contributed by atoms with Crippen molar-refractivity contribution in [3.8, 4) is 22.8 Å². The molecular weight excluding hydrogens is 325 g/mol. The number of benzene rings is 2. The van der Waals surface area contributed by atoms with Crippen LogP contribution >= 0.6 is 11.3 Å². The van der Waals surface area contributed by atoms with Gasteiger partial charge in [-0.05, 0) is 48.0 Å². The summed E-state index contributed by atoms with van der Waals surface area (Å²) in [6.45, 7) is 0. The summed E-state index contributed by atoms with van der Waals surface area (Å²) < 4.78 is 23.5. The maximum atomic E-state index is 13.0. The van der Waals surface area contributed by atoms with Gasteiger partial charge in [0.25, 0.3) is 0 Å². The topological polar surface area (TPSA) is 31.4 Å². The Morgan fingerprint density at radius 2 is 1.71 bits per heavy atom. The number of hydrogen-bond donors (Lipinski definition) is 0. The van der Waals surface area contributed by atoms with E-state index in [0.717, 1.165) is 21.8 Å². The molecule has 3 aromatic rings. The van der Waals surface area contributed by atoms with Crippen molar-refractivity contribution < 1.29 is 13.9 Å². The van der Waals surface area contributed by atoms with Crippen molar-refractivity contribution in [1.82, 2.24) is 4.98 Å². The largest absolute Gasteiger partial charge is 0.493 e. The fourth-order valence-corrected chi connectivity index (χ4v) is 2.96. The Balaban J connectivity index is 1.79. The Bertz CT molecular complexity index is 856. The van der Waals surface area contributed by atoms with Gasteiger partial charge in [-0.25, -0.2) is 9.37 Å². The maximum absolute atomic E-state index is 13.0. The molecule has 0 spiro atoms. The molecule has 0 amide bonds. The highest BCUT2D eigenvalue weighted by molar-refractivity contribution is 7.10. The molecule has 3 nitrogen and oxygen atoms in total. The lowest BCUT2D eigenvalue weighted by atomic mass is 10.2. The van der Waals surface area contributed by atoms with Crippen LogP contribution in [0.25, 0.3) is 23.4 Å². The highest BCUT2D eigenvalue weighted by Gasteiger charge is 2.04. The smallest absolute Gasteiger partial charge is 0.161 e. The van der Waals surface area contributed by atoms with Gasteiger partial charge in [-0.3, -0.25) is 0 Å². The number of halogens is 1. The van der Waals surface area contributed by atoms with E-state index in [9.17, 15) is 4.39 Å². The second-order valence-electron chi connectivity index (χ2n) is 5.03. The van der Waals surface area contributed by atoms with E-state index in [1.165, 1.54) is 23.5 Å². The summed E-state index contributed by atoms with van der Waals surface area (Å²) in [5, 5.41) is 2.84. The Labute approximate surface area is 144 Å². The third kappa shape index (κ3) is 3.63. The normalized spacial score (nSPS) is 11.0. The lowest BCUT2D eigenvalue weighted by molar-refractivity contribution is 0.355. The molecule has 0 radical (unpaired) electrons. The molecule has 0 bridgehead atoms. The molecule has 0 fully saturated rings. The van der Waals surface area contributed by atoms with Crippen LogP contribution in [0.3, 0.4) is 0 Å². The van der Waals surface area contributed by atoms with Gasteiger partial charge >= 0.3 is 0 Å². The van der Waals surface area contributed by atoms with Gasteiger partial charge in [0.15, 0.2) is 11.5 Å². The SMILES string of the molecule is COc1ccc(/C=C/c2nc(-c3ccc(F)cc3)cs2)cc1OC. The zero-order valence-corrected chi connectivity index (χ0v) is 14.1. The molecule has 0 saturated carbocycles. The van der Waals surface area contributed by atoms with Gasteiger partial charge in [-0.15, -0.1) is 11.3 Å². The van der Waals surface area contributed by atoms with Crippen LogP contribution in [-0.2, 0) is 0 Å². The molecule has 0 unspecified atom stereocenters. The Morgan fingerprint density at radius 1 is 0.958 bits per heavy atom. The minimum Gasteiger partial charge on any atom is -0.493 e. The minimum atomic E-state index is -0.248. The molecule has 0 atom stereocenters. The van der Waals surface area contributed by atoms with E-state index in [-0.39, 0.29) is 5.82 Å². The lowest BCUT2D eigenvalue weighted by Gasteiger charge is -2.07. The highest BCUT2D eigenvalue weighted by Crippen LogP contribution is 2.29. The number of rotatable bonds is 5. The predicted octanol–water partition coefficient (Wildman–Crippen LogP) is 5.14. The number of hydrogen-bond acceptors (Lipinski definition) is 4. The Hall–Kier alpha value is -2.66. The molecule has 0 saturated heterocycles. The molecular formula is C19H16FNO2S. The van der Waals surface area contributed by atoms with E-state index in [1.807, 2.05) is 35.7 Å². The van der Waals surface area contributed by atoms with Crippen molar-refractivity contribution in [3.05, 3.63) is 64.2 Å². The fourth-order valence-electron chi connectivity index (χ4n) is 2.24. The summed E-state index contributed by atoms with van der Waals surface area (Å²) in [4.78, 5) is 4.55. The fraction of sp³-hybridized carbons (Fsp3) is 0.105. The zero-order chi connectivity index (χ0) is 16.9. The van der Waals surface area contributed by atoms with Crippen LogP contribution in [0.4, 0.5) is 4.39 Å². The molecule has 0 aliphatic heterocycles. The van der Waals surface area contributed by atoms with Crippen LogP contribution in [0.5, 0.6) is 11.5 Å². The van der Waals surface area contributed by atoms with E-state index in [1.54, 1.807) is 26.4 Å². The van der Waals surface area contributed by atoms with Gasteiger partial charge in [0.05, 0.1) is 19.9 Å². The molecule has 24 heavy (non-hydrogen) atoms. The first-order valence-electron chi connectivity index (χ1n) is 7.31. The Morgan fingerprint density at radius 3 is 2.42 bits per heavy atom. The van der Waals surface area contributed by atoms with Crippen molar-refractivity contribution in [2.45, 2.75) is 0 Å². The van der Waals surface area contributed by atoms with E-state index in [0.29, 0.717) is 11.5 Å². The second kappa shape index (κ2) is 7.27. The van der Waals surface area contributed by atoms with Crippen molar-refractivity contribution >= 4 is 23.5 Å². The average Bonchev–Trinajstić information content (AvgIpc) is 3.09. The van der Waals surface area contributed by atoms with Crippen molar-refractivity contribution in [3.63, 3.8) is 0 Å². The molecule has 0 aliphatic carbocycles. The molecule has 0 N–H and O–H groups in total. The molecule has 122 valence electrons. The quantitative estimate of drug-likeness (QED) is 0.644. The van der Waals surface area contributed by atoms with E-state index >= 15 is 0 Å². The van der Waals surface area contributed by atoms with Gasteiger partial charge in [-0.2, -0.15) is 0 Å². The summed E-state index contributed by atoms with van der Waals surface area (Å²) in [7, 11) is 3.22. The van der Waals surface area contributed by atoms with Crippen molar-refractivity contribution in [2.75, 3.05) is 14.2 Å². The van der Waals surface area contributed by atoms with Crippen molar-refractivity contribution in [1.29, 1.82) is 0 Å². The van der Waals surface area contributed by atoms with Gasteiger partial charge in [0, 0.05) is 10.9 Å². The highest BCUT2D eigenvalue weighted by atomic mass is 32.1. The summed E-state index contributed by atoms with van der Waals surface area (Å²) in [6, 6.07) is 12.1. The van der Waals surface area contributed by atoms with Gasteiger partial charge in [0.2, 0.25) is 0 Å². The molecule has 1 heterocycles. The average molecular weight is 341 g/mol. The van der Waals surface area contributed by atoms with Gasteiger partial charge < -0.3 is 9.47 Å². The molecule has 0 aliphatic rings. The first-order valence-corrected chi connectivity index (χ1v) is 8.19. The summed E-state index contributed by atoms with van der Waals surface area (Å²) in [5.41, 5.74) is 2.73. The lowest BCUT2D eigenvalue weighted by Crippen LogP contribution is -1.90. The number of thiazole rings is 1. The van der Waals surface area contributed by atoms with Crippen LogP contribution in [0.2, 0.25) is 0 Å². The monoisotopic (exact) mass is 341 g/mol. The first kappa shape index (κ1) is 16.2.